The van der Waals surface area contributed by atoms with E-state index < -0.39 is 6.10 Å². The lowest BCUT2D eigenvalue weighted by molar-refractivity contribution is -0.117. The summed E-state index contributed by atoms with van der Waals surface area (Å²) in [7, 11) is 0. The number of nitrogens with zero attached hydrogens (tertiary/aromatic N) is 2. The molecular weight excluding hydrogens is 379 g/mol. The van der Waals surface area contributed by atoms with Crippen LogP contribution in [0.5, 0.6) is 0 Å². The summed E-state index contributed by atoms with van der Waals surface area (Å²) in [6, 6.07) is 4.96. The zero-order valence-corrected chi connectivity index (χ0v) is 14.9. The van der Waals surface area contributed by atoms with Crippen LogP contribution in [-0.4, -0.2) is 39.9 Å². The van der Waals surface area contributed by atoms with Crippen molar-refractivity contribution in [2.24, 2.45) is 0 Å². The second-order valence-electron chi connectivity index (χ2n) is 4.79. The van der Waals surface area contributed by atoms with Gasteiger partial charge in [-0.2, -0.15) is 0 Å². The third-order valence-corrected chi connectivity index (χ3v) is 5.44. The van der Waals surface area contributed by atoms with Gasteiger partial charge in [0.2, 0.25) is 5.91 Å². The molecule has 23 heavy (non-hydrogen) atoms. The fraction of sp³-hybridized carbons (Fsp3) is 0.308. The Morgan fingerprint density at radius 3 is 2.96 bits per heavy atom. The monoisotopic (exact) mass is 392 g/mol. The summed E-state index contributed by atoms with van der Waals surface area (Å²) >= 11 is 9.11. The van der Waals surface area contributed by atoms with Crippen LogP contribution in [0.3, 0.4) is 0 Å². The zero-order chi connectivity index (χ0) is 15.5. The summed E-state index contributed by atoms with van der Waals surface area (Å²) in [6.07, 6.45) is -0.0464. The van der Waals surface area contributed by atoms with Crippen LogP contribution < -0.4 is 10.6 Å². The Kier molecular flexibility index (Phi) is 6.63. The molecule has 2 heterocycles. The highest BCUT2D eigenvalue weighted by Gasteiger charge is 2.28. The van der Waals surface area contributed by atoms with Crippen LogP contribution in [0, 0.1) is 0 Å². The number of anilines is 1. The van der Waals surface area contributed by atoms with E-state index in [-0.39, 0.29) is 24.4 Å². The third kappa shape index (κ3) is 4.79. The van der Waals surface area contributed by atoms with Crippen LogP contribution in [-0.2, 0) is 4.79 Å². The molecule has 1 fully saturated rings. The Labute approximate surface area is 152 Å². The van der Waals surface area contributed by atoms with Crippen molar-refractivity contribution < 1.29 is 9.90 Å². The van der Waals surface area contributed by atoms with Gasteiger partial charge < -0.3 is 15.7 Å². The molecule has 1 aliphatic heterocycles. The fourth-order valence-electron chi connectivity index (χ4n) is 2.11. The molecule has 124 valence electrons. The molecule has 0 saturated carbocycles. The Balaban J connectivity index is 0.00000192. The van der Waals surface area contributed by atoms with E-state index in [1.165, 1.54) is 23.1 Å². The van der Waals surface area contributed by atoms with E-state index >= 15 is 0 Å². The molecule has 3 N–H and O–H groups in total. The van der Waals surface area contributed by atoms with Crippen molar-refractivity contribution in [3.05, 3.63) is 28.7 Å². The number of nitrogens with one attached hydrogen (secondary N) is 2. The lowest BCUT2D eigenvalue weighted by Gasteiger charge is -2.12. The molecule has 1 amide bonds. The maximum absolute atomic E-state index is 12.1. The minimum atomic E-state index is -0.468. The molecule has 0 radical (unpaired) electrons. The van der Waals surface area contributed by atoms with Crippen molar-refractivity contribution in [3.63, 3.8) is 0 Å². The van der Waals surface area contributed by atoms with Crippen molar-refractivity contribution in [1.29, 1.82) is 0 Å². The maximum atomic E-state index is 12.1. The molecule has 2 aromatic rings. The first-order valence-electron chi connectivity index (χ1n) is 6.57. The molecule has 0 spiro atoms. The van der Waals surface area contributed by atoms with Crippen LogP contribution in [0.2, 0.25) is 5.02 Å². The summed E-state index contributed by atoms with van der Waals surface area (Å²) in [6.45, 7) is 0.441. The number of halogens is 2. The average molecular weight is 393 g/mol. The van der Waals surface area contributed by atoms with E-state index in [1.54, 1.807) is 17.6 Å². The first-order valence-corrected chi connectivity index (χ1v) is 8.65. The third-order valence-electron chi connectivity index (χ3n) is 3.16. The lowest BCUT2D eigenvalue weighted by Crippen LogP contribution is -2.35. The van der Waals surface area contributed by atoms with Gasteiger partial charge >= 0.3 is 0 Å². The van der Waals surface area contributed by atoms with Gasteiger partial charge in [0.25, 0.3) is 0 Å². The van der Waals surface area contributed by atoms with Gasteiger partial charge in [0.1, 0.15) is 5.51 Å². The number of aromatic nitrogens is 2. The number of aliphatic hydroxyl groups excluding tert-OH is 1. The van der Waals surface area contributed by atoms with E-state index in [4.69, 9.17) is 11.6 Å². The van der Waals surface area contributed by atoms with E-state index in [1.807, 2.05) is 6.07 Å². The number of benzene rings is 1. The van der Waals surface area contributed by atoms with E-state index in [0.29, 0.717) is 23.7 Å². The molecule has 0 bridgehead atoms. The fourth-order valence-corrected chi connectivity index (χ4v) is 3.84. The lowest BCUT2D eigenvalue weighted by atomic mass is 10.2. The first-order chi connectivity index (χ1) is 10.6. The number of amides is 1. The number of hydrogen-bond donors (Lipinski definition) is 3. The van der Waals surface area contributed by atoms with Crippen molar-refractivity contribution in [2.45, 2.75) is 27.8 Å². The molecule has 0 aliphatic carbocycles. The highest BCUT2D eigenvalue weighted by atomic mass is 35.5. The quantitative estimate of drug-likeness (QED) is 0.740. The van der Waals surface area contributed by atoms with Gasteiger partial charge in [0.05, 0.1) is 17.2 Å². The number of aliphatic hydroxyl groups is 1. The first kappa shape index (κ1) is 18.4. The molecule has 1 aliphatic rings. The van der Waals surface area contributed by atoms with Gasteiger partial charge in [-0.1, -0.05) is 34.7 Å². The van der Waals surface area contributed by atoms with Crippen molar-refractivity contribution in [3.8, 4) is 0 Å². The number of β-amino-alcohol motifs (C(OH)–C–C–N with tert-alkyl or cyclic N) is 1. The Morgan fingerprint density at radius 2 is 2.35 bits per heavy atom. The molecular formula is C13H14Cl2N4O2S2. The van der Waals surface area contributed by atoms with E-state index in [2.05, 4.69) is 20.8 Å². The molecule has 2 atom stereocenters. The smallest absolute Gasteiger partial charge is 0.241 e. The van der Waals surface area contributed by atoms with Crippen LogP contribution in [0.15, 0.2) is 32.9 Å². The molecule has 10 heteroatoms. The topological polar surface area (TPSA) is 87.1 Å². The predicted molar refractivity (Wildman–Crippen MR) is 93.8 cm³/mol. The highest BCUT2D eigenvalue weighted by molar-refractivity contribution is 8.01. The van der Waals surface area contributed by atoms with Crippen LogP contribution in [0.4, 0.5) is 5.69 Å². The minimum Gasteiger partial charge on any atom is -0.392 e. The standard InChI is InChI=1S/C13H13ClN4O2S2.ClH/c14-9-3-7(17-12(20)10-4-8(19)5-15-10)1-2-11(9)22-13-18-16-6-21-13;/h1-3,6,8,10,15,19H,4-5H2,(H,17,20);1H. The molecule has 6 nitrogen and oxygen atoms in total. The van der Waals surface area contributed by atoms with E-state index in [0.717, 1.165) is 9.24 Å². The summed E-state index contributed by atoms with van der Waals surface area (Å²) in [5, 5.41) is 23.5. The second-order valence-corrected chi connectivity index (χ2v) is 7.32. The summed E-state index contributed by atoms with van der Waals surface area (Å²) in [4.78, 5) is 12.9. The molecule has 2 unspecified atom stereocenters. The van der Waals surface area contributed by atoms with E-state index in [9.17, 15) is 9.90 Å². The second kappa shape index (κ2) is 8.27. The van der Waals surface area contributed by atoms with Crippen LogP contribution in [0.25, 0.3) is 0 Å². The largest absolute Gasteiger partial charge is 0.392 e. The molecule has 1 aromatic carbocycles. The SMILES string of the molecule is Cl.O=C(Nc1ccc(Sc2nncs2)c(Cl)c1)C1CC(O)CN1. The summed E-state index contributed by atoms with van der Waals surface area (Å²) in [5.74, 6) is -0.169. The Bertz CT molecular complexity index is 672. The number of carbonyl (C=O) groups excluding carboxylic acids is 1. The van der Waals surface area contributed by atoms with Crippen molar-refractivity contribution in [1.82, 2.24) is 15.5 Å². The highest BCUT2D eigenvalue weighted by Crippen LogP contribution is 2.35. The van der Waals surface area contributed by atoms with Crippen molar-refractivity contribution >= 4 is 58.7 Å². The summed E-state index contributed by atoms with van der Waals surface area (Å²) in [5.41, 5.74) is 2.29. The Morgan fingerprint density at radius 1 is 1.52 bits per heavy atom. The van der Waals surface area contributed by atoms with Gasteiger partial charge in [0.15, 0.2) is 4.34 Å². The van der Waals surface area contributed by atoms with Gasteiger partial charge in [-0.3, -0.25) is 4.79 Å². The number of rotatable bonds is 4. The predicted octanol–water partition coefficient (Wildman–Crippen LogP) is 2.43. The van der Waals surface area contributed by atoms with Crippen LogP contribution in [0.1, 0.15) is 6.42 Å². The van der Waals surface area contributed by atoms with Gasteiger partial charge in [-0.25, -0.2) is 0 Å². The molecule has 3 rings (SSSR count). The van der Waals surface area contributed by atoms with Gasteiger partial charge in [-0.05, 0) is 24.6 Å². The normalized spacial score (nSPS) is 20.1. The summed E-state index contributed by atoms with van der Waals surface area (Å²) < 4.78 is 0.808. The zero-order valence-electron chi connectivity index (χ0n) is 11.7. The maximum Gasteiger partial charge on any atom is 0.241 e. The number of carbonyl (C=O) groups is 1. The van der Waals surface area contributed by atoms with Gasteiger partial charge in [-0.15, -0.1) is 22.6 Å². The minimum absolute atomic E-state index is 0. The van der Waals surface area contributed by atoms with Crippen LogP contribution >= 0.6 is 47.1 Å². The Hall–Kier alpha value is -0.900. The average Bonchev–Trinajstić information content (AvgIpc) is 3.13. The number of hydrogen-bond acceptors (Lipinski definition) is 7. The van der Waals surface area contributed by atoms with Gasteiger partial charge in [0, 0.05) is 17.1 Å². The van der Waals surface area contributed by atoms with Crippen molar-refractivity contribution in [2.75, 3.05) is 11.9 Å². The molecule has 1 aromatic heterocycles. The molecule has 1 saturated heterocycles.